The first-order chi connectivity index (χ1) is 19.7. The van der Waals surface area contributed by atoms with Crippen molar-refractivity contribution < 1.29 is 18.9 Å². The lowest BCUT2D eigenvalue weighted by atomic mass is 10.1. The average molecular weight is 540 g/mol. The summed E-state index contributed by atoms with van der Waals surface area (Å²) in [6.45, 7) is 5.68. The molecule has 1 aliphatic heterocycles. The van der Waals surface area contributed by atoms with Crippen LogP contribution >= 0.6 is 0 Å². The molecule has 5 rings (SSSR count). The van der Waals surface area contributed by atoms with Gasteiger partial charge < -0.3 is 23.5 Å². The molecular weight excluding hydrogens is 502 g/mol. The SMILES string of the molecule is CCCCn1c(CN(CC=Cc2cc(OC)cc(OC)c2)Cc2ccc3c(c2)OCO3)cnc1-c1ccccc1. The summed E-state index contributed by atoms with van der Waals surface area (Å²) in [7, 11) is 3.33. The minimum absolute atomic E-state index is 0.272. The van der Waals surface area contributed by atoms with Crippen molar-refractivity contribution in [3.8, 4) is 34.4 Å². The van der Waals surface area contributed by atoms with Gasteiger partial charge in [-0.15, -0.1) is 0 Å². The number of benzene rings is 3. The van der Waals surface area contributed by atoms with Crippen LogP contribution in [-0.4, -0.2) is 42.0 Å². The van der Waals surface area contributed by atoms with Gasteiger partial charge in [-0.3, -0.25) is 4.90 Å². The van der Waals surface area contributed by atoms with Crippen molar-refractivity contribution in [1.82, 2.24) is 14.5 Å². The van der Waals surface area contributed by atoms with Gasteiger partial charge in [0.25, 0.3) is 0 Å². The number of aromatic nitrogens is 2. The first-order valence-corrected chi connectivity index (χ1v) is 13.8. The van der Waals surface area contributed by atoms with E-state index >= 15 is 0 Å². The molecule has 0 N–H and O–H groups in total. The van der Waals surface area contributed by atoms with Gasteiger partial charge in [0.2, 0.25) is 6.79 Å². The summed E-state index contributed by atoms with van der Waals surface area (Å²) < 4.78 is 24.4. The molecule has 40 heavy (non-hydrogen) atoms. The maximum Gasteiger partial charge on any atom is 0.231 e. The van der Waals surface area contributed by atoms with E-state index in [0.29, 0.717) is 0 Å². The van der Waals surface area contributed by atoms with Crippen molar-refractivity contribution >= 4 is 6.08 Å². The number of imidazole rings is 1. The molecule has 2 heterocycles. The van der Waals surface area contributed by atoms with Crippen LogP contribution in [-0.2, 0) is 19.6 Å². The Bertz CT molecular complexity index is 1410. The van der Waals surface area contributed by atoms with Gasteiger partial charge in [-0.25, -0.2) is 4.98 Å². The van der Waals surface area contributed by atoms with Gasteiger partial charge in [0.15, 0.2) is 11.5 Å². The number of hydrogen-bond acceptors (Lipinski definition) is 6. The molecule has 0 saturated carbocycles. The Hall–Kier alpha value is -4.23. The van der Waals surface area contributed by atoms with Crippen LogP contribution < -0.4 is 18.9 Å². The molecule has 0 spiro atoms. The molecular formula is C33H37N3O4. The summed E-state index contributed by atoms with van der Waals surface area (Å²) in [5, 5.41) is 0. The first-order valence-electron chi connectivity index (χ1n) is 13.8. The quantitative estimate of drug-likeness (QED) is 0.186. The fraction of sp³-hybridized carbons (Fsp3) is 0.303. The second kappa shape index (κ2) is 13.2. The van der Waals surface area contributed by atoms with Crippen LogP contribution in [0.25, 0.3) is 17.5 Å². The lowest BCUT2D eigenvalue weighted by molar-refractivity contribution is 0.174. The lowest BCUT2D eigenvalue weighted by Crippen LogP contribution is -2.24. The molecule has 7 nitrogen and oxygen atoms in total. The molecule has 208 valence electrons. The normalized spacial score (nSPS) is 12.4. The van der Waals surface area contributed by atoms with Crippen LogP contribution in [0.4, 0.5) is 0 Å². The zero-order chi connectivity index (χ0) is 27.7. The van der Waals surface area contributed by atoms with Gasteiger partial charge >= 0.3 is 0 Å². The van der Waals surface area contributed by atoms with E-state index in [0.717, 1.165) is 79.0 Å². The maximum atomic E-state index is 5.64. The number of methoxy groups -OCH3 is 2. The Morgan fingerprint density at radius 3 is 2.45 bits per heavy atom. The average Bonchev–Trinajstić information content (AvgIpc) is 3.62. The third kappa shape index (κ3) is 6.66. The number of ether oxygens (including phenoxy) is 4. The van der Waals surface area contributed by atoms with E-state index in [1.807, 2.05) is 36.5 Å². The predicted molar refractivity (Wildman–Crippen MR) is 158 cm³/mol. The lowest BCUT2D eigenvalue weighted by Gasteiger charge is -2.22. The molecule has 0 radical (unpaired) electrons. The van der Waals surface area contributed by atoms with Gasteiger partial charge in [0.1, 0.15) is 17.3 Å². The number of unbranched alkanes of at least 4 members (excludes halogenated alkanes) is 1. The van der Waals surface area contributed by atoms with Gasteiger partial charge in [-0.1, -0.05) is 61.9 Å². The van der Waals surface area contributed by atoms with E-state index in [9.17, 15) is 0 Å². The van der Waals surface area contributed by atoms with E-state index in [1.165, 1.54) is 11.3 Å². The number of hydrogen-bond donors (Lipinski definition) is 0. The smallest absolute Gasteiger partial charge is 0.231 e. The molecule has 1 aromatic heterocycles. The monoisotopic (exact) mass is 539 g/mol. The van der Waals surface area contributed by atoms with E-state index in [2.05, 4.69) is 64.9 Å². The third-order valence-electron chi connectivity index (χ3n) is 6.98. The molecule has 1 aliphatic rings. The van der Waals surface area contributed by atoms with Gasteiger partial charge in [0.05, 0.1) is 26.1 Å². The van der Waals surface area contributed by atoms with Crippen molar-refractivity contribution in [1.29, 1.82) is 0 Å². The predicted octanol–water partition coefficient (Wildman–Crippen LogP) is 6.81. The Morgan fingerprint density at radius 1 is 0.925 bits per heavy atom. The van der Waals surface area contributed by atoms with Crippen LogP contribution in [0.5, 0.6) is 23.0 Å². The Labute approximate surface area is 236 Å². The van der Waals surface area contributed by atoms with Crippen LogP contribution in [0, 0.1) is 0 Å². The van der Waals surface area contributed by atoms with Crippen molar-refractivity contribution in [3.63, 3.8) is 0 Å². The van der Waals surface area contributed by atoms with Gasteiger partial charge in [0, 0.05) is 37.8 Å². The van der Waals surface area contributed by atoms with E-state index in [-0.39, 0.29) is 6.79 Å². The topological polar surface area (TPSA) is 58.0 Å². The highest BCUT2D eigenvalue weighted by atomic mass is 16.7. The van der Waals surface area contributed by atoms with Gasteiger partial charge in [-0.2, -0.15) is 0 Å². The summed E-state index contributed by atoms with van der Waals surface area (Å²) in [6.07, 6.45) is 8.55. The highest BCUT2D eigenvalue weighted by Gasteiger charge is 2.17. The van der Waals surface area contributed by atoms with E-state index < -0.39 is 0 Å². The Balaban J connectivity index is 1.41. The molecule has 0 aliphatic carbocycles. The Kier molecular flexibility index (Phi) is 9.04. The van der Waals surface area contributed by atoms with Crippen LogP contribution in [0.1, 0.15) is 36.6 Å². The maximum absolute atomic E-state index is 5.64. The zero-order valence-electron chi connectivity index (χ0n) is 23.5. The summed E-state index contributed by atoms with van der Waals surface area (Å²) >= 11 is 0. The fourth-order valence-corrected chi connectivity index (χ4v) is 4.90. The number of fused-ring (bicyclic) bond motifs is 1. The fourth-order valence-electron chi connectivity index (χ4n) is 4.90. The molecule has 4 aromatic rings. The van der Waals surface area contributed by atoms with E-state index in [1.54, 1.807) is 14.2 Å². The van der Waals surface area contributed by atoms with Crippen molar-refractivity contribution in [2.75, 3.05) is 27.6 Å². The van der Waals surface area contributed by atoms with Crippen LogP contribution in [0.15, 0.2) is 79.0 Å². The molecule has 0 fully saturated rings. The number of rotatable bonds is 13. The Morgan fingerprint density at radius 2 is 1.70 bits per heavy atom. The summed E-state index contributed by atoms with van der Waals surface area (Å²) in [4.78, 5) is 7.28. The standard InChI is InChI=1S/C33H37N3O4/c1-4-5-16-36-28(21-34-33(36)27-11-7-6-8-12-27)23-35(22-26-13-14-31-32(19-26)40-24-39-31)15-9-10-25-17-29(37-2)20-30(18-25)38-3/h6-14,17-21H,4-5,15-16,22-24H2,1-3H3. The second-order valence-corrected chi connectivity index (χ2v) is 9.85. The van der Waals surface area contributed by atoms with Gasteiger partial charge in [-0.05, 0) is 41.8 Å². The molecule has 0 unspecified atom stereocenters. The molecule has 0 atom stereocenters. The van der Waals surface area contributed by atoms with Crippen molar-refractivity contribution in [2.45, 2.75) is 39.4 Å². The van der Waals surface area contributed by atoms with Crippen molar-refractivity contribution in [2.24, 2.45) is 0 Å². The highest BCUT2D eigenvalue weighted by molar-refractivity contribution is 5.56. The van der Waals surface area contributed by atoms with Crippen LogP contribution in [0.2, 0.25) is 0 Å². The summed E-state index contributed by atoms with van der Waals surface area (Å²) in [6, 6.07) is 22.5. The minimum Gasteiger partial charge on any atom is -0.497 e. The van der Waals surface area contributed by atoms with Crippen LogP contribution in [0.3, 0.4) is 0 Å². The summed E-state index contributed by atoms with van der Waals surface area (Å²) in [5.41, 5.74) is 4.53. The summed E-state index contributed by atoms with van der Waals surface area (Å²) in [5.74, 6) is 4.16. The number of nitrogens with zero attached hydrogens (tertiary/aromatic N) is 3. The zero-order valence-corrected chi connectivity index (χ0v) is 23.5. The van der Waals surface area contributed by atoms with Crippen molar-refractivity contribution in [3.05, 3.63) is 95.8 Å². The first kappa shape index (κ1) is 27.3. The second-order valence-electron chi connectivity index (χ2n) is 9.85. The molecule has 7 heteroatoms. The molecule has 0 amide bonds. The van der Waals surface area contributed by atoms with E-state index in [4.69, 9.17) is 23.9 Å². The third-order valence-corrected chi connectivity index (χ3v) is 6.98. The highest BCUT2D eigenvalue weighted by Crippen LogP contribution is 2.33. The molecule has 0 saturated heterocycles. The molecule has 3 aromatic carbocycles. The molecule has 0 bridgehead atoms. The minimum atomic E-state index is 0.272. The largest absolute Gasteiger partial charge is 0.497 e.